The molecule has 3 rings (SSSR count). The first-order chi connectivity index (χ1) is 11.9. The van der Waals surface area contributed by atoms with Gasteiger partial charge in [0.15, 0.2) is 5.76 Å². The molecule has 0 saturated carbocycles. The van der Waals surface area contributed by atoms with Crippen LogP contribution in [0, 0.1) is 0 Å². The summed E-state index contributed by atoms with van der Waals surface area (Å²) < 4.78 is 41.9. The molecule has 0 unspecified atom stereocenters. The Balaban J connectivity index is 1.94. The van der Waals surface area contributed by atoms with E-state index in [-0.39, 0.29) is 22.8 Å². The molecule has 1 N–H and O–H groups in total. The Morgan fingerprint density at radius 3 is 2.64 bits per heavy atom. The van der Waals surface area contributed by atoms with Crippen LogP contribution < -0.4 is 9.46 Å². The van der Waals surface area contributed by atoms with Gasteiger partial charge < -0.3 is 13.7 Å². The van der Waals surface area contributed by atoms with E-state index < -0.39 is 10.0 Å². The molecule has 0 amide bonds. The summed E-state index contributed by atoms with van der Waals surface area (Å²) in [6, 6.07) is 10.1. The van der Waals surface area contributed by atoms with Gasteiger partial charge in [0.1, 0.15) is 5.75 Å². The fourth-order valence-corrected chi connectivity index (χ4v) is 2.77. The Labute approximate surface area is 144 Å². The van der Waals surface area contributed by atoms with Crippen LogP contribution in [-0.2, 0) is 10.0 Å². The number of hydrogen-bond acceptors (Lipinski definition) is 7. The van der Waals surface area contributed by atoms with E-state index in [2.05, 4.69) is 14.9 Å². The first kappa shape index (κ1) is 17.2. The van der Waals surface area contributed by atoms with Crippen molar-refractivity contribution in [2.75, 3.05) is 7.05 Å². The Hall–Kier alpha value is -2.65. The van der Waals surface area contributed by atoms with Gasteiger partial charge in [-0.3, -0.25) is 0 Å². The highest BCUT2D eigenvalue weighted by Gasteiger charge is 2.21. The van der Waals surface area contributed by atoms with Gasteiger partial charge in [-0.1, -0.05) is 17.3 Å². The van der Waals surface area contributed by atoms with Crippen LogP contribution in [0.15, 0.2) is 50.4 Å². The molecular weight excluding hydrogens is 346 g/mol. The molecule has 1 aromatic carbocycles. The van der Waals surface area contributed by atoms with Crippen molar-refractivity contribution in [2.45, 2.75) is 25.0 Å². The number of furan rings is 1. The molecule has 0 aliphatic rings. The van der Waals surface area contributed by atoms with Gasteiger partial charge in [-0.15, -0.1) is 0 Å². The van der Waals surface area contributed by atoms with Gasteiger partial charge in [0.05, 0.1) is 11.7 Å². The summed E-state index contributed by atoms with van der Waals surface area (Å²) in [6.45, 7) is 3.84. The summed E-state index contributed by atoms with van der Waals surface area (Å²) >= 11 is 0. The second kappa shape index (κ2) is 6.69. The first-order valence-electron chi connectivity index (χ1n) is 7.54. The third kappa shape index (κ3) is 3.57. The Kier molecular flexibility index (Phi) is 4.60. The number of nitrogens with zero attached hydrogens (tertiary/aromatic N) is 2. The van der Waals surface area contributed by atoms with Crippen molar-refractivity contribution >= 4 is 10.0 Å². The standard InChI is InChI=1S/C16H17N3O5S/c1-10(2)22-12-7-5-4-6-11(12)15-18-16(24-19-15)13-8-9-14(23-13)25(20,21)17-3/h4-10,17H,1-3H3. The van der Waals surface area contributed by atoms with Crippen LogP contribution >= 0.6 is 0 Å². The van der Waals surface area contributed by atoms with Gasteiger partial charge in [-0.2, -0.15) is 4.98 Å². The molecule has 0 aliphatic carbocycles. The maximum Gasteiger partial charge on any atom is 0.294 e. The van der Waals surface area contributed by atoms with Gasteiger partial charge in [0.25, 0.3) is 15.9 Å². The zero-order valence-electron chi connectivity index (χ0n) is 13.9. The van der Waals surface area contributed by atoms with Gasteiger partial charge in [0.2, 0.25) is 10.9 Å². The fourth-order valence-electron chi connectivity index (χ4n) is 2.12. The number of para-hydroxylation sites is 1. The molecule has 2 aromatic heterocycles. The molecule has 132 valence electrons. The number of nitrogens with one attached hydrogen (secondary N) is 1. The van der Waals surface area contributed by atoms with E-state index in [0.29, 0.717) is 17.1 Å². The van der Waals surface area contributed by atoms with Crippen LogP contribution in [0.1, 0.15) is 13.8 Å². The van der Waals surface area contributed by atoms with E-state index in [4.69, 9.17) is 13.7 Å². The third-order valence-electron chi connectivity index (χ3n) is 3.24. The quantitative estimate of drug-likeness (QED) is 0.717. The molecule has 0 saturated heterocycles. The van der Waals surface area contributed by atoms with E-state index >= 15 is 0 Å². The molecular formula is C16H17N3O5S. The minimum atomic E-state index is -3.68. The second-order valence-electron chi connectivity index (χ2n) is 5.41. The molecule has 25 heavy (non-hydrogen) atoms. The lowest BCUT2D eigenvalue weighted by Crippen LogP contribution is -2.17. The van der Waals surface area contributed by atoms with E-state index in [9.17, 15) is 8.42 Å². The molecule has 0 atom stereocenters. The lowest BCUT2D eigenvalue weighted by Gasteiger charge is -2.11. The monoisotopic (exact) mass is 363 g/mol. The number of sulfonamides is 1. The van der Waals surface area contributed by atoms with Crippen molar-refractivity contribution in [1.29, 1.82) is 0 Å². The van der Waals surface area contributed by atoms with Crippen LogP contribution in [0.3, 0.4) is 0 Å². The Morgan fingerprint density at radius 1 is 1.16 bits per heavy atom. The Morgan fingerprint density at radius 2 is 1.92 bits per heavy atom. The summed E-state index contributed by atoms with van der Waals surface area (Å²) in [5.41, 5.74) is 0.667. The maximum atomic E-state index is 11.7. The van der Waals surface area contributed by atoms with Crippen LogP contribution in [0.4, 0.5) is 0 Å². The first-order valence-corrected chi connectivity index (χ1v) is 9.02. The average molecular weight is 363 g/mol. The predicted octanol–water partition coefficient (Wildman–Crippen LogP) is 2.69. The maximum absolute atomic E-state index is 11.7. The largest absolute Gasteiger partial charge is 0.490 e. The van der Waals surface area contributed by atoms with Gasteiger partial charge in [-0.05, 0) is 45.2 Å². The number of rotatable bonds is 6. The average Bonchev–Trinajstić information content (AvgIpc) is 3.24. The Bertz CT molecular complexity index is 975. The smallest absolute Gasteiger partial charge is 0.294 e. The summed E-state index contributed by atoms with van der Waals surface area (Å²) in [5, 5.41) is 3.70. The predicted molar refractivity (Wildman–Crippen MR) is 89.4 cm³/mol. The molecule has 2 heterocycles. The van der Waals surface area contributed by atoms with Crippen LogP contribution in [0.25, 0.3) is 23.0 Å². The SMILES string of the molecule is CNS(=O)(=O)c1ccc(-c2nc(-c3ccccc3OC(C)C)no2)o1. The van der Waals surface area contributed by atoms with E-state index in [1.807, 2.05) is 38.1 Å². The van der Waals surface area contributed by atoms with E-state index in [0.717, 1.165) is 0 Å². The van der Waals surface area contributed by atoms with Gasteiger partial charge in [0, 0.05) is 0 Å². The summed E-state index contributed by atoms with van der Waals surface area (Å²) in [6.07, 6.45) is -0.00750. The van der Waals surface area contributed by atoms with Crippen LogP contribution in [0.5, 0.6) is 5.75 Å². The summed E-state index contributed by atoms with van der Waals surface area (Å²) in [7, 11) is -2.38. The molecule has 0 spiro atoms. The van der Waals surface area contributed by atoms with Crippen molar-refractivity contribution in [1.82, 2.24) is 14.9 Å². The number of ether oxygens (including phenoxy) is 1. The van der Waals surface area contributed by atoms with Crippen LogP contribution in [0.2, 0.25) is 0 Å². The van der Waals surface area contributed by atoms with Gasteiger partial charge in [-0.25, -0.2) is 13.1 Å². The summed E-state index contributed by atoms with van der Waals surface area (Å²) in [4.78, 5) is 4.27. The molecule has 9 heteroatoms. The van der Waals surface area contributed by atoms with Crippen molar-refractivity contribution < 1.29 is 22.1 Å². The van der Waals surface area contributed by atoms with E-state index in [1.54, 1.807) is 0 Å². The molecule has 0 bridgehead atoms. The topological polar surface area (TPSA) is 107 Å². The van der Waals surface area contributed by atoms with Crippen molar-refractivity contribution in [2.24, 2.45) is 0 Å². The highest BCUT2D eigenvalue weighted by atomic mass is 32.2. The number of aromatic nitrogens is 2. The molecule has 8 nitrogen and oxygen atoms in total. The van der Waals surface area contributed by atoms with Gasteiger partial charge >= 0.3 is 0 Å². The van der Waals surface area contributed by atoms with E-state index in [1.165, 1.54) is 19.2 Å². The fraction of sp³-hybridized carbons (Fsp3) is 0.250. The minimum absolute atomic E-state index is 0.00750. The lowest BCUT2D eigenvalue weighted by atomic mass is 10.2. The van der Waals surface area contributed by atoms with Crippen molar-refractivity contribution in [3.8, 4) is 28.8 Å². The van der Waals surface area contributed by atoms with Crippen molar-refractivity contribution in [3.05, 3.63) is 36.4 Å². The normalized spacial score (nSPS) is 11.8. The molecule has 3 aromatic rings. The zero-order valence-corrected chi connectivity index (χ0v) is 14.7. The molecule has 0 radical (unpaired) electrons. The minimum Gasteiger partial charge on any atom is -0.490 e. The third-order valence-corrected chi connectivity index (χ3v) is 4.53. The summed E-state index contributed by atoms with van der Waals surface area (Å²) in [5.74, 6) is 1.19. The van der Waals surface area contributed by atoms with Crippen LogP contribution in [-0.4, -0.2) is 31.7 Å². The second-order valence-corrected chi connectivity index (χ2v) is 7.23. The highest BCUT2D eigenvalue weighted by Crippen LogP contribution is 2.31. The number of hydrogen-bond donors (Lipinski definition) is 1. The molecule has 0 fully saturated rings. The highest BCUT2D eigenvalue weighted by molar-refractivity contribution is 7.89. The van der Waals surface area contributed by atoms with Crippen molar-refractivity contribution in [3.63, 3.8) is 0 Å². The molecule has 0 aliphatic heterocycles. The number of benzene rings is 1. The zero-order chi connectivity index (χ0) is 18.0. The lowest BCUT2D eigenvalue weighted by molar-refractivity contribution is 0.243.